The second-order valence-corrected chi connectivity index (χ2v) is 9.72. The number of para-hydroxylation sites is 1. The number of rotatable bonds is 4. The molecule has 0 radical (unpaired) electrons. The van der Waals surface area contributed by atoms with E-state index in [1.54, 1.807) is 0 Å². The van der Waals surface area contributed by atoms with Crippen LogP contribution in [0.25, 0.3) is 6.08 Å². The van der Waals surface area contributed by atoms with Gasteiger partial charge in [0.1, 0.15) is 5.75 Å². The van der Waals surface area contributed by atoms with Crippen molar-refractivity contribution in [1.82, 2.24) is 4.90 Å². The van der Waals surface area contributed by atoms with Crippen LogP contribution in [0.3, 0.4) is 0 Å². The molecule has 4 atom stereocenters. The summed E-state index contributed by atoms with van der Waals surface area (Å²) in [6.07, 6.45) is 4.42. The number of hydrogen-bond acceptors (Lipinski definition) is 2. The minimum Gasteiger partial charge on any atom is -0.483 e. The van der Waals surface area contributed by atoms with Crippen molar-refractivity contribution >= 4 is 12.0 Å². The Bertz CT molecular complexity index is 1220. The van der Waals surface area contributed by atoms with Gasteiger partial charge < -0.3 is 9.64 Å². The van der Waals surface area contributed by atoms with Gasteiger partial charge in [0.25, 0.3) is 0 Å². The van der Waals surface area contributed by atoms with Crippen molar-refractivity contribution in [3.8, 4) is 5.75 Å². The molecule has 1 amide bonds. The molecule has 32 heavy (non-hydrogen) atoms. The lowest BCUT2D eigenvalue weighted by Gasteiger charge is -2.64. The van der Waals surface area contributed by atoms with Crippen molar-refractivity contribution in [2.45, 2.75) is 31.4 Å². The Kier molecular flexibility index (Phi) is 3.98. The normalized spacial score (nSPS) is 32.2. The van der Waals surface area contributed by atoms with Gasteiger partial charge in [-0.25, -0.2) is 0 Å². The number of hydrogen-bond donors (Lipinski definition) is 0. The van der Waals surface area contributed by atoms with Gasteiger partial charge in [-0.15, -0.1) is 0 Å². The Morgan fingerprint density at radius 1 is 0.906 bits per heavy atom. The molecule has 3 aliphatic rings. The summed E-state index contributed by atoms with van der Waals surface area (Å²) < 4.78 is 6.75. The van der Waals surface area contributed by atoms with Gasteiger partial charge in [-0.3, -0.25) is 4.79 Å². The van der Waals surface area contributed by atoms with Crippen LogP contribution in [-0.2, 0) is 16.8 Å². The molecule has 160 valence electrons. The molecule has 0 N–H and O–H groups in total. The molecule has 2 fully saturated rings. The van der Waals surface area contributed by atoms with Crippen molar-refractivity contribution < 1.29 is 9.53 Å². The molecule has 0 aromatic heterocycles. The monoisotopic (exact) mass is 421 g/mol. The largest absolute Gasteiger partial charge is 0.483 e. The van der Waals surface area contributed by atoms with Gasteiger partial charge in [0, 0.05) is 23.4 Å². The van der Waals surface area contributed by atoms with Crippen LogP contribution in [0.4, 0.5) is 0 Å². The quantitative estimate of drug-likeness (QED) is 0.559. The molecule has 1 spiro atoms. The standard InChI is InChI=1S/C29H27NO2/c1-27-23-15-9-10-16-24(23)32-29(27)20-30(19-22-13-7-4-8-14-22)26(31)28(29,2)25(27)18-17-21-11-5-3-6-12-21/h3-18,25H,19-20H2,1-2H3/b18-17+/t25-,27+,28-,29+/m0/s1. The number of likely N-dealkylation sites (tertiary alicyclic amines) is 1. The second kappa shape index (κ2) is 6.59. The van der Waals surface area contributed by atoms with E-state index >= 15 is 0 Å². The third-order valence-electron chi connectivity index (χ3n) is 8.29. The molecule has 3 heteroatoms. The van der Waals surface area contributed by atoms with Crippen LogP contribution in [0.2, 0.25) is 0 Å². The van der Waals surface area contributed by atoms with Crippen molar-refractivity contribution in [1.29, 1.82) is 0 Å². The van der Waals surface area contributed by atoms with Crippen LogP contribution < -0.4 is 4.74 Å². The fourth-order valence-electron chi connectivity index (χ4n) is 6.73. The molecule has 1 saturated carbocycles. The molecule has 3 aromatic carbocycles. The van der Waals surface area contributed by atoms with Gasteiger partial charge in [-0.1, -0.05) is 97.9 Å². The molecule has 2 heterocycles. The lowest BCUT2D eigenvalue weighted by Crippen LogP contribution is -2.77. The number of ether oxygens (including phenoxy) is 1. The molecule has 0 bridgehead atoms. The maximum atomic E-state index is 14.0. The summed E-state index contributed by atoms with van der Waals surface area (Å²) >= 11 is 0. The predicted molar refractivity (Wildman–Crippen MR) is 126 cm³/mol. The Balaban J connectivity index is 1.45. The van der Waals surface area contributed by atoms with Gasteiger partial charge in [-0.05, 0) is 24.1 Å². The molecule has 2 aliphatic heterocycles. The summed E-state index contributed by atoms with van der Waals surface area (Å²) in [7, 11) is 0. The van der Waals surface area contributed by atoms with E-state index in [4.69, 9.17) is 4.74 Å². The summed E-state index contributed by atoms with van der Waals surface area (Å²) in [4.78, 5) is 16.0. The highest BCUT2D eigenvalue weighted by molar-refractivity contribution is 5.92. The van der Waals surface area contributed by atoms with E-state index in [0.717, 1.165) is 16.9 Å². The van der Waals surface area contributed by atoms with Gasteiger partial charge in [-0.2, -0.15) is 0 Å². The topological polar surface area (TPSA) is 29.5 Å². The smallest absolute Gasteiger partial charge is 0.233 e. The van der Waals surface area contributed by atoms with Crippen LogP contribution in [0.1, 0.15) is 30.5 Å². The summed E-state index contributed by atoms with van der Waals surface area (Å²) in [5.74, 6) is 1.16. The molecule has 3 nitrogen and oxygen atoms in total. The van der Waals surface area contributed by atoms with Gasteiger partial charge in [0.05, 0.1) is 12.0 Å². The third-order valence-corrected chi connectivity index (χ3v) is 8.29. The highest BCUT2D eigenvalue weighted by Crippen LogP contribution is 2.75. The summed E-state index contributed by atoms with van der Waals surface area (Å²) in [6.45, 7) is 5.63. The van der Waals surface area contributed by atoms with Gasteiger partial charge in [0.15, 0.2) is 5.60 Å². The highest BCUT2D eigenvalue weighted by atomic mass is 16.5. The van der Waals surface area contributed by atoms with E-state index in [-0.39, 0.29) is 17.2 Å². The number of fused-ring (bicyclic) bond motifs is 2. The Labute approximate surface area is 189 Å². The molecular weight excluding hydrogens is 394 g/mol. The molecule has 3 aromatic rings. The number of amides is 1. The molecule has 1 saturated heterocycles. The minimum absolute atomic E-state index is 0.0483. The first-order valence-corrected chi connectivity index (χ1v) is 11.4. The first-order valence-electron chi connectivity index (χ1n) is 11.4. The van der Waals surface area contributed by atoms with Crippen molar-refractivity contribution in [2.75, 3.05) is 6.54 Å². The second-order valence-electron chi connectivity index (χ2n) is 9.72. The third kappa shape index (κ3) is 2.24. The van der Waals surface area contributed by atoms with E-state index in [1.807, 2.05) is 47.4 Å². The average Bonchev–Trinajstić information content (AvgIpc) is 3.16. The van der Waals surface area contributed by atoms with Crippen LogP contribution in [0.5, 0.6) is 5.75 Å². The minimum atomic E-state index is -0.610. The zero-order valence-electron chi connectivity index (χ0n) is 18.5. The molecule has 6 rings (SSSR count). The number of benzene rings is 3. The first-order chi connectivity index (χ1) is 15.5. The van der Waals surface area contributed by atoms with Crippen LogP contribution in [0, 0.1) is 11.3 Å². The molecule has 0 unspecified atom stereocenters. The fraction of sp³-hybridized carbons (Fsp3) is 0.276. The predicted octanol–water partition coefficient (Wildman–Crippen LogP) is 5.47. The zero-order valence-corrected chi connectivity index (χ0v) is 18.5. The van der Waals surface area contributed by atoms with Gasteiger partial charge in [0.2, 0.25) is 5.91 Å². The van der Waals surface area contributed by atoms with Crippen LogP contribution >= 0.6 is 0 Å². The maximum absolute atomic E-state index is 14.0. The zero-order chi connectivity index (χ0) is 22.0. The van der Waals surface area contributed by atoms with Crippen molar-refractivity contribution in [3.63, 3.8) is 0 Å². The average molecular weight is 422 g/mol. The maximum Gasteiger partial charge on any atom is 0.233 e. The van der Waals surface area contributed by atoms with Crippen LogP contribution in [-0.4, -0.2) is 23.0 Å². The first kappa shape index (κ1) is 19.4. The summed E-state index contributed by atoms with van der Waals surface area (Å²) in [6, 6.07) is 28.9. The SMILES string of the molecule is C[C@]12C(=O)N(Cc3ccccc3)C[C@]13Oc1ccccc1[C@]3(C)[C@@H]2/C=C/c1ccccc1. The molecular formula is C29H27NO2. The Hall–Kier alpha value is -3.33. The molecule has 1 aliphatic carbocycles. The summed E-state index contributed by atoms with van der Waals surface area (Å²) in [5, 5.41) is 0. The number of carbonyl (C=O) groups is 1. The number of carbonyl (C=O) groups excluding carboxylic acids is 1. The lowest BCUT2D eigenvalue weighted by molar-refractivity contribution is -0.193. The van der Waals surface area contributed by atoms with Crippen LogP contribution in [0.15, 0.2) is 91.0 Å². The van der Waals surface area contributed by atoms with Crippen molar-refractivity contribution in [3.05, 3.63) is 108 Å². The van der Waals surface area contributed by atoms with Crippen molar-refractivity contribution in [2.24, 2.45) is 11.3 Å². The fourth-order valence-corrected chi connectivity index (χ4v) is 6.73. The number of allylic oxidation sites excluding steroid dienone is 1. The van der Waals surface area contributed by atoms with Gasteiger partial charge >= 0.3 is 0 Å². The lowest BCUT2D eigenvalue weighted by atomic mass is 9.37. The van der Waals surface area contributed by atoms with E-state index in [0.29, 0.717) is 13.1 Å². The van der Waals surface area contributed by atoms with E-state index < -0.39 is 11.0 Å². The summed E-state index contributed by atoms with van der Waals surface area (Å²) in [5.41, 5.74) is 2.09. The number of nitrogens with zero attached hydrogens (tertiary/aromatic N) is 1. The Morgan fingerprint density at radius 2 is 1.56 bits per heavy atom. The van der Waals surface area contributed by atoms with E-state index in [9.17, 15) is 4.79 Å². The van der Waals surface area contributed by atoms with E-state index in [1.165, 1.54) is 5.56 Å². The Morgan fingerprint density at radius 3 is 2.31 bits per heavy atom. The van der Waals surface area contributed by atoms with E-state index in [2.05, 4.69) is 68.5 Å². The highest BCUT2D eigenvalue weighted by Gasteiger charge is 2.86.